The molecule has 0 saturated carbocycles. The predicted molar refractivity (Wildman–Crippen MR) is 212 cm³/mol. The highest BCUT2D eigenvalue weighted by molar-refractivity contribution is 8.01. The van der Waals surface area contributed by atoms with Gasteiger partial charge in [-0.3, -0.25) is 19.2 Å². The third-order valence-electron chi connectivity index (χ3n) is 10.3. The molecule has 0 aromatic heterocycles. The number of hydrogen-bond donors (Lipinski definition) is 3. The number of benzene rings is 1. The molecule has 2 rings (SSSR count). The SMILES string of the molecule is CCC(C)C(C(CC(=O)N1CCCC1C(CC(=O)N(CC)c1cccc(O)c1)SC(C)(C)C)OC)N(C)C(=O)C(NC(=O)C(NC)C(C)C)C(C)C. The summed E-state index contributed by atoms with van der Waals surface area (Å²) in [7, 11) is 5.08. The van der Waals surface area contributed by atoms with Gasteiger partial charge in [-0.25, -0.2) is 0 Å². The number of phenolic OH excluding ortho intramolecular Hbond substituents is 1. The van der Waals surface area contributed by atoms with Crippen molar-refractivity contribution in [2.45, 2.75) is 142 Å². The van der Waals surface area contributed by atoms with Gasteiger partial charge in [0.15, 0.2) is 0 Å². The number of methoxy groups -OCH3 is 1. The Balaban J connectivity index is 2.37. The van der Waals surface area contributed by atoms with Crippen LogP contribution in [0, 0.1) is 17.8 Å². The fourth-order valence-electron chi connectivity index (χ4n) is 7.41. The molecule has 0 spiro atoms. The van der Waals surface area contributed by atoms with Gasteiger partial charge >= 0.3 is 0 Å². The van der Waals surface area contributed by atoms with Crippen LogP contribution in [-0.2, 0) is 23.9 Å². The second-order valence-electron chi connectivity index (χ2n) is 16.0. The number of phenols is 1. The maximum Gasteiger partial charge on any atom is 0.245 e. The summed E-state index contributed by atoms with van der Waals surface area (Å²) in [5.41, 5.74) is 0.644. The number of ether oxygens (including phenoxy) is 1. The van der Waals surface area contributed by atoms with Crippen LogP contribution in [0.1, 0.15) is 101 Å². The molecule has 1 fully saturated rings. The van der Waals surface area contributed by atoms with E-state index in [4.69, 9.17) is 4.74 Å². The number of carbonyl (C=O) groups is 4. The monoisotopic (exact) mass is 747 g/mol. The first-order valence-electron chi connectivity index (χ1n) is 19.1. The van der Waals surface area contributed by atoms with Gasteiger partial charge in [-0.15, -0.1) is 11.8 Å². The third-order valence-corrected chi connectivity index (χ3v) is 11.8. The molecule has 0 aliphatic carbocycles. The Morgan fingerprint density at radius 3 is 2.17 bits per heavy atom. The minimum atomic E-state index is -0.745. The molecule has 7 unspecified atom stereocenters. The van der Waals surface area contributed by atoms with Crippen molar-refractivity contribution in [2.24, 2.45) is 17.8 Å². The van der Waals surface area contributed by atoms with Gasteiger partial charge in [0.25, 0.3) is 0 Å². The average Bonchev–Trinajstić information content (AvgIpc) is 3.56. The second kappa shape index (κ2) is 20.6. The van der Waals surface area contributed by atoms with E-state index in [1.807, 2.05) is 45.6 Å². The molecule has 0 radical (unpaired) electrons. The highest BCUT2D eigenvalue weighted by Gasteiger charge is 2.42. The lowest BCUT2D eigenvalue weighted by Gasteiger charge is -2.41. The van der Waals surface area contributed by atoms with Gasteiger partial charge in [-0.2, -0.15) is 0 Å². The van der Waals surface area contributed by atoms with E-state index in [0.29, 0.717) is 18.8 Å². The van der Waals surface area contributed by atoms with Gasteiger partial charge < -0.3 is 35.2 Å². The molecule has 1 aliphatic rings. The van der Waals surface area contributed by atoms with Crippen LogP contribution in [-0.4, -0.2) is 113 Å². The quantitative estimate of drug-likeness (QED) is 0.165. The second-order valence-corrected chi connectivity index (χ2v) is 18.0. The zero-order chi connectivity index (χ0) is 39.5. The Bertz CT molecular complexity index is 1320. The van der Waals surface area contributed by atoms with Crippen molar-refractivity contribution in [1.82, 2.24) is 20.4 Å². The van der Waals surface area contributed by atoms with Gasteiger partial charge in [0.1, 0.15) is 11.8 Å². The Morgan fingerprint density at radius 2 is 1.67 bits per heavy atom. The van der Waals surface area contributed by atoms with Gasteiger partial charge in [0.05, 0.1) is 24.6 Å². The fraction of sp³-hybridized carbons (Fsp3) is 0.750. The van der Waals surface area contributed by atoms with E-state index in [0.717, 1.165) is 19.3 Å². The lowest BCUT2D eigenvalue weighted by Crippen LogP contribution is -2.59. The molecule has 1 aliphatic heterocycles. The van der Waals surface area contributed by atoms with Crippen molar-refractivity contribution in [3.05, 3.63) is 24.3 Å². The molecule has 4 amide bonds. The normalized spacial score (nSPS) is 18.4. The van der Waals surface area contributed by atoms with Crippen molar-refractivity contribution in [2.75, 3.05) is 39.2 Å². The fourth-order valence-corrected chi connectivity index (χ4v) is 8.98. The summed E-state index contributed by atoms with van der Waals surface area (Å²) in [6.45, 7) is 21.2. The minimum Gasteiger partial charge on any atom is -0.508 e. The number of nitrogens with zero attached hydrogens (tertiary/aromatic N) is 3. The van der Waals surface area contributed by atoms with Crippen LogP contribution in [0.3, 0.4) is 0 Å². The number of hydrogen-bond acceptors (Lipinski definition) is 8. The molecular formula is C40H69N5O6S. The van der Waals surface area contributed by atoms with Crippen molar-refractivity contribution >= 4 is 41.1 Å². The predicted octanol–water partition coefficient (Wildman–Crippen LogP) is 5.69. The number of likely N-dealkylation sites (N-methyl/N-ethyl adjacent to an activating group) is 2. The number of amides is 4. The minimum absolute atomic E-state index is 0.00424. The van der Waals surface area contributed by atoms with Crippen LogP contribution in [0.2, 0.25) is 0 Å². The summed E-state index contributed by atoms with van der Waals surface area (Å²) in [6.07, 6.45) is 2.12. The number of likely N-dealkylation sites (tertiary alicyclic amines) is 1. The van der Waals surface area contributed by atoms with Crippen LogP contribution in [0.15, 0.2) is 24.3 Å². The molecule has 1 saturated heterocycles. The molecule has 7 atom stereocenters. The Kier molecular flexibility index (Phi) is 17.9. The molecule has 1 aromatic rings. The van der Waals surface area contributed by atoms with Crippen LogP contribution >= 0.6 is 11.8 Å². The zero-order valence-corrected chi connectivity index (χ0v) is 35.0. The summed E-state index contributed by atoms with van der Waals surface area (Å²) in [5.74, 6) is -0.559. The molecule has 11 nitrogen and oxygen atoms in total. The summed E-state index contributed by atoms with van der Waals surface area (Å²) in [6, 6.07) is 4.99. The Labute approximate surface area is 318 Å². The first-order valence-corrected chi connectivity index (χ1v) is 20.0. The van der Waals surface area contributed by atoms with Gasteiger partial charge in [-0.1, -0.05) is 74.8 Å². The topological polar surface area (TPSA) is 132 Å². The van der Waals surface area contributed by atoms with Gasteiger partial charge in [-0.05, 0) is 56.7 Å². The Morgan fingerprint density at radius 1 is 1.04 bits per heavy atom. The van der Waals surface area contributed by atoms with E-state index in [-0.39, 0.29) is 76.0 Å². The highest BCUT2D eigenvalue weighted by Crippen LogP contribution is 2.38. The van der Waals surface area contributed by atoms with Crippen LogP contribution < -0.4 is 15.5 Å². The van der Waals surface area contributed by atoms with E-state index in [2.05, 4.69) is 45.3 Å². The molecule has 52 heavy (non-hydrogen) atoms. The van der Waals surface area contributed by atoms with Crippen molar-refractivity contribution < 1.29 is 29.0 Å². The molecule has 3 N–H and O–H groups in total. The number of aromatic hydroxyl groups is 1. The molecular weight excluding hydrogens is 679 g/mol. The number of carbonyl (C=O) groups excluding carboxylic acids is 4. The van der Waals surface area contributed by atoms with Crippen molar-refractivity contribution in [1.29, 1.82) is 0 Å². The smallest absolute Gasteiger partial charge is 0.245 e. The maximum atomic E-state index is 14.3. The highest BCUT2D eigenvalue weighted by atomic mass is 32.2. The first-order chi connectivity index (χ1) is 24.3. The van der Waals surface area contributed by atoms with E-state index in [9.17, 15) is 24.3 Å². The van der Waals surface area contributed by atoms with Crippen molar-refractivity contribution in [3.63, 3.8) is 0 Å². The Hall–Kier alpha value is -2.83. The van der Waals surface area contributed by atoms with E-state index >= 15 is 0 Å². The van der Waals surface area contributed by atoms with Gasteiger partial charge in [0.2, 0.25) is 23.6 Å². The van der Waals surface area contributed by atoms with Crippen LogP contribution in [0.5, 0.6) is 5.75 Å². The lowest BCUT2D eigenvalue weighted by molar-refractivity contribution is -0.146. The number of thioether (sulfide) groups is 1. The first kappa shape index (κ1) is 45.3. The molecule has 296 valence electrons. The lowest BCUT2D eigenvalue weighted by atomic mass is 9.89. The zero-order valence-electron chi connectivity index (χ0n) is 34.2. The number of nitrogens with one attached hydrogen (secondary N) is 2. The number of anilines is 1. The van der Waals surface area contributed by atoms with Gasteiger partial charge in [0, 0.05) is 61.5 Å². The van der Waals surface area contributed by atoms with Crippen LogP contribution in [0.4, 0.5) is 5.69 Å². The molecule has 0 bridgehead atoms. The van der Waals surface area contributed by atoms with E-state index in [1.54, 1.807) is 61.0 Å². The number of rotatable bonds is 19. The third kappa shape index (κ3) is 12.4. The largest absolute Gasteiger partial charge is 0.508 e. The average molecular weight is 748 g/mol. The van der Waals surface area contributed by atoms with Crippen LogP contribution in [0.25, 0.3) is 0 Å². The van der Waals surface area contributed by atoms with E-state index in [1.165, 1.54) is 0 Å². The summed E-state index contributed by atoms with van der Waals surface area (Å²) < 4.78 is 5.91. The van der Waals surface area contributed by atoms with E-state index < -0.39 is 24.2 Å². The summed E-state index contributed by atoms with van der Waals surface area (Å²) in [4.78, 5) is 60.9. The standard InChI is InChI=1S/C40H69N5O6S/c1-14-27(7)37(43(12)39(50)36(26(5)6)42-38(49)35(41-11)25(3)4)31(51-13)23-33(47)45-21-17-20-30(45)32(52-40(8,9)10)24-34(48)44(15-2)28-18-16-19-29(46)22-28/h16,18-19,22,25-27,30-32,35-37,41,46H,14-15,17,20-21,23-24H2,1-13H3,(H,42,49). The molecule has 1 aromatic carbocycles. The summed E-state index contributed by atoms with van der Waals surface area (Å²) >= 11 is 1.73. The maximum absolute atomic E-state index is 14.3. The summed E-state index contributed by atoms with van der Waals surface area (Å²) in [5, 5.41) is 16.0. The molecule has 1 heterocycles. The van der Waals surface area contributed by atoms with Crippen molar-refractivity contribution in [3.8, 4) is 5.75 Å². The molecule has 12 heteroatoms.